The van der Waals surface area contributed by atoms with Gasteiger partial charge in [0.1, 0.15) is 12.7 Å². The number of fused-ring (bicyclic) bond motifs is 4. The minimum absolute atomic E-state index is 0.0960. The van der Waals surface area contributed by atoms with Crippen molar-refractivity contribution in [2.45, 2.75) is 50.8 Å². The number of piperidine rings is 1. The van der Waals surface area contributed by atoms with Gasteiger partial charge in [-0.3, -0.25) is 4.90 Å². The lowest BCUT2D eigenvalue weighted by molar-refractivity contribution is -0.141. The minimum atomic E-state index is -4.50. The topological polar surface area (TPSA) is 115 Å². The predicted molar refractivity (Wildman–Crippen MR) is 142 cm³/mol. The molecule has 0 saturated carbocycles. The van der Waals surface area contributed by atoms with Gasteiger partial charge < -0.3 is 24.4 Å². The van der Waals surface area contributed by atoms with E-state index in [2.05, 4.69) is 30.2 Å². The van der Waals surface area contributed by atoms with E-state index >= 15 is 0 Å². The zero-order chi connectivity index (χ0) is 28.8. The van der Waals surface area contributed by atoms with Gasteiger partial charge in [0, 0.05) is 18.7 Å². The number of aromatic nitrogens is 4. The van der Waals surface area contributed by atoms with Crippen molar-refractivity contribution in [2.24, 2.45) is 0 Å². The van der Waals surface area contributed by atoms with Crippen molar-refractivity contribution in [1.29, 1.82) is 0 Å². The van der Waals surface area contributed by atoms with Crippen LogP contribution in [0, 0.1) is 0 Å². The van der Waals surface area contributed by atoms with Crippen LogP contribution in [0.25, 0.3) is 11.4 Å². The van der Waals surface area contributed by atoms with Crippen LogP contribution in [0.4, 0.5) is 35.2 Å². The fourth-order valence-electron chi connectivity index (χ4n) is 5.21. The van der Waals surface area contributed by atoms with E-state index in [-0.39, 0.29) is 36.2 Å². The summed E-state index contributed by atoms with van der Waals surface area (Å²) in [5.74, 6) is -0.230. The number of halogens is 3. The fourth-order valence-corrected chi connectivity index (χ4v) is 5.21. The van der Waals surface area contributed by atoms with Crippen molar-refractivity contribution in [3.63, 3.8) is 0 Å². The SMILES string of the molecule is CC1(C)OCC(COc2ncc(NC(=O)N3c4nc(-c5cccc(C(F)(F)F)c5)ncc4N4CCC[C@H]3C4)cn2)O1. The van der Waals surface area contributed by atoms with Gasteiger partial charge >= 0.3 is 18.2 Å². The first kappa shape index (κ1) is 27.1. The molecule has 41 heavy (non-hydrogen) atoms. The summed E-state index contributed by atoms with van der Waals surface area (Å²) < 4.78 is 56.8. The molecule has 3 aliphatic rings. The van der Waals surface area contributed by atoms with Gasteiger partial charge in [0.05, 0.1) is 48.2 Å². The number of benzene rings is 1. The van der Waals surface area contributed by atoms with E-state index in [4.69, 9.17) is 14.2 Å². The Bertz CT molecular complexity index is 1440. The van der Waals surface area contributed by atoms with Crippen LogP contribution in [0.1, 0.15) is 32.3 Å². The third-order valence-electron chi connectivity index (χ3n) is 7.09. The molecule has 2 aromatic heterocycles. The third kappa shape index (κ3) is 5.75. The Labute approximate surface area is 233 Å². The number of rotatable bonds is 5. The predicted octanol–water partition coefficient (Wildman–Crippen LogP) is 4.50. The highest BCUT2D eigenvalue weighted by Crippen LogP contribution is 2.39. The Morgan fingerprint density at radius 3 is 2.73 bits per heavy atom. The van der Waals surface area contributed by atoms with Gasteiger partial charge in [-0.2, -0.15) is 13.2 Å². The van der Waals surface area contributed by atoms with E-state index in [1.807, 2.05) is 13.8 Å². The van der Waals surface area contributed by atoms with Crippen LogP contribution in [0.5, 0.6) is 6.01 Å². The molecule has 2 bridgehead atoms. The van der Waals surface area contributed by atoms with Crippen LogP contribution < -0.4 is 19.9 Å². The number of nitrogens with one attached hydrogen (secondary N) is 1. The van der Waals surface area contributed by atoms with Gasteiger partial charge in [-0.15, -0.1) is 0 Å². The molecule has 1 N–H and O–H groups in total. The minimum Gasteiger partial charge on any atom is -0.461 e. The van der Waals surface area contributed by atoms with E-state index in [1.54, 1.807) is 11.1 Å². The molecule has 5 heterocycles. The molecule has 0 radical (unpaired) electrons. The Hall–Kier alpha value is -4.04. The van der Waals surface area contributed by atoms with Crippen molar-refractivity contribution in [3.05, 3.63) is 48.4 Å². The van der Waals surface area contributed by atoms with E-state index in [0.717, 1.165) is 31.5 Å². The summed E-state index contributed by atoms with van der Waals surface area (Å²) >= 11 is 0. The Kier molecular flexibility index (Phi) is 6.90. The number of hydrogen-bond donors (Lipinski definition) is 1. The summed E-state index contributed by atoms with van der Waals surface area (Å²) in [6, 6.07) is 4.31. The zero-order valence-corrected chi connectivity index (χ0v) is 22.4. The van der Waals surface area contributed by atoms with E-state index in [9.17, 15) is 18.0 Å². The molecule has 2 saturated heterocycles. The smallest absolute Gasteiger partial charge is 0.416 e. The maximum absolute atomic E-state index is 13.6. The van der Waals surface area contributed by atoms with Crippen LogP contribution in [-0.4, -0.2) is 70.2 Å². The van der Waals surface area contributed by atoms with Gasteiger partial charge in [-0.1, -0.05) is 12.1 Å². The van der Waals surface area contributed by atoms with Crippen LogP contribution in [0.2, 0.25) is 0 Å². The highest BCUT2D eigenvalue weighted by Gasteiger charge is 2.39. The van der Waals surface area contributed by atoms with E-state index in [1.165, 1.54) is 24.5 Å². The Morgan fingerprint density at radius 2 is 2.00 bits per heavy atom. The standard InChI is InChI=1S/C27H28F3N7O4/c1-26(2)40-15-20(41-26)14-39-24-32-10-18(11-33-24)34-25(38)37-19-7-4-8-36(13-19)21-12-31-22(35-23(21)37)16-5-3-6-17(9-16)27(28,29)30/h3,5-6,9-12,19-20H,4,7-8,13-15H2,1-2H3,(H,34,38)/t19-,20?/m0/s1. The van der Waals surface area contributed by atoms with Gasteiger partial charge in [0.15, 0.2) is 17.4 Å². The number of alkyl halides is 3. The van der Waals surface area contributed by atoms with E-state index < -0.39 is 23.6 Å². The molecule has 3 aromatic rings. The largest absolute Gasteiger partial charge is 0.461 e. The lowest BCUT2D eigenvalue weighted by Crippen LogP contribution is -2.56. The van der Waals surface area contributed by atoms with E-state index in [0.29, 0.717) is 30.3 Å². The van der Waals surface area contributed by atoms with Gasteiger partial charge in [-0.25, -0.2) is 24.7 Å². The highest BCUT2D eigenvalue weighted by atomic mass is 19.4. The molecule has 2 fully saturated rings. The van der Waals surface area contributed by atoms with Crippen molar-refractivity contribution in [2.75, 3.05) is 41.4 Å². The highest BCUT2D eigenvalue weighted by molar-refractivity contribution is 6.04. The summed E-state index contributed by atoms with van der Waals surface area (Å²) in [6.07, 6.45) is 1.30. The molecule has 2 atom stereocenters. The lowest BCUT2D eigenvalue weighted by atomic mass is 10.0. The number of urea groups is 1. The van der Waals surface area contributed by atoms with Crippen LogP contribution in [-0.2, 0) is 15.7 Å². The summed E-state index contributed by atoms with van der Waals surface area (Å²) in [6.45, 7) is 5.63. The van der Waals surface area contributed by atoms with Gasteiger partial charge in [-0.05, 0) is 38.8 Å². The first-order valence-electron chi connectivity index (χ1n) is 13.2. The normalized spacial score (nSPS) is 21.4. The number of amides is 2. The molecule has 11 nitrogen and oxygen atoms in total. The van der Waals surface area contributed by atoms with Crippen LogP contribution in [0.15, 0.2) is 42.9 Å². The number of carbonyl (C=O) groups excluding carboxylic acids is 1. The maximum Gasteiger partial charge on any atom is 0.416 e. The van der Waals surface area contributed by atoms with Crippen LogP contribution >= 0.6 is 0 Å². The number of ether oxygens (including phenoxy) is 3. The first-order valence-corrected chi connectivity index (χ1v) is 13.2. The fraction of sp³-hybridized carbons (Fsp3) is 0.444. The number of anilines is 3. The molecule has 1 unspecified atom stereocenters. The Balaban J connectivity index is 1.21. The number of carbonyl (C=O) groups is 1. The van der Waals surface area contributed by atoms with Crippen molar-refractivity contribution in [1.82, 2.24) is 19.9 Å². The molecule has 14 heteroatoms. The van der Waals surface area contributed by atoms with Gasteiger partial charge in [0.2, 0.25) is 0 Å². The second kappa shape index (κ2) is 10.4. The van der Waals surface area contributed by atoms with Crippen LogP contribution in [0.3, 0.4) is 0 Å². The molecular weight excluding hydrogens is 543 g/mol. The van der Waals surface area contributed by atoms with Crippen molar-refractivity contribution >= 4 is 23.2 Å². The second-order valence-corrected chi connectivity index (χ2v) is 10.5. The Morgan fingerprint density at radius 1 is 1.20 bits per heavy atom. The molecular formula is C27H28F3N7O4. The molecule has 1 aromatic carbocycles. The average molecular weight is 572 g/mol. The van der Waals surface area contributed by atoms with Crippen molar-refractivity contribution < 1.29 is 32.2 Å². The molecule has 6 rings (SSSR count). The maximum atomic E-state index is 13.6. The molecule has 2 amide bonds. The average Bonchev–Trinajstić information content (AvgIpc) is 3.30. The quantitative estimate of drug-likeness (QED) is 0.473. The summed E-state index contributed by atoms with van der Waals surface area (Å²) in [4.78, 5) is 34.5. The number of hydrogen-bond acceptors (Lipinski definition) is 9. The molecule has 0 spiro atoms. The zero-order valence-electron chi connectivity index (χ0n) is 22.4. The number of nitrogens with zero attached hydrogens (tertiary/aromatic N) is 6. The molecule has 0 aliphatic carbocycles. The first-order chi connectivity index (χ1) is 19.6. The molecule has 216 valence electrons. The summed E-state index contributed by atoms with van der Waals surface area (Å²) in [5, 5.41) is 2.81. The summed E-state index contributed by atoms with van der Waals surface area (Å²) in [7, 11) is 0. The van der Waals surface area contributed by atoms with Gasteiger partial charge in [0.25, 0.3) is 0 Å². The summed E-state index contributed by atoms with van der Waals surface area (Å²) in [5.41, 5.74) is 0.395. The van der Waals surface area contributed by atoms with Crippen molar-refractivity contribution in [3.8, 4) is 17.4 Å². The second-order valence-electron chi connectivity index (χ2n) is 10.5. The third-order valence-corrected chi connectivity index (χ3v) is 7.09. The monoisotopic (exact) mass is 571 g/mol. The lowest BCUT2D eigenvalue weighted by Gasteiger charge is -2.45. The molecule has 3 aliphatic heterocycles.